The van der Waals surface area contributed by atoms with E-state index in [-0.39, 0.29) is 11.7 Å². The number of pyridine rings is 1. The lowest BCUT2D eigenvalue weighted by atomic mass is 10.1. The quantitative estimate of drug-likeness (QED) is 0.462. The molecule has 3 aromatic heterocycles. The van der Waals surface area contributed by atoms with Crippen molar-refractivity contribution in [1.29, 1.82) is 0 Å². The normalized spacial score (nSPS) is 10.9. The van der Waals surface area contributed by atoms with E-state index in [0.29, 0.717) is 11.3 Å². The van der Waals surface area contributed by atoms with Crippen LogP contribution < -0.4 is 11.1 Å². The number of amides is 1. The number of carbonyl (C=O) groups excluding carboxylic acids is 1. The third kappa shape index (κ3) is 2.83. The largest absolute Gasteiger partial charge is 0.383 e. The summed E-state index contributed by atoms with van der Waals surface area (Å²) >= 11 is 0. The number of H-pyrrole nitrogens is 2. The first-order chi connectivity index (χ1) is 12.1. The van der Waals surface area contributed by atoms with Crippen molar-refractivity contribution in [2.45, 2.75) is 6.92 Å². The van der Waals surface area contributed by atoms with E-state index in [0.717, 1.165) is 27.7 Å². The number of nitrogens with two attached hydrogens (primary N) is 1. The number of aryl methyl sites for hydroxylation is 1. The molecule has 4 aromatic rings. The van der Waals surface area contributed by atoms with Crippen LogP contribution in [-0.4, -0.2) is 26.1 Å². The van der Waals surface area contributed by atoms with Crippen LogP contribution in [0.25, 0.3) is 22.0 Å². The fraction of sp³-hybridized carbons (Fsp3) is 0.0556. The van der Waals surface area contributed by atoms with Gasteiger partial charge in [-0.25, -0.2) is 4.98 Å². The van der Waals surface area contributed by atoms with Crippen LogP contribution in [0.4, 0.5) is 11.5 Å². The molecule has 0 fully saturated rings. The van der Waals surface area contributed by atoms with Gasteiger partial charge in [-0.15, -0.1) is 0 Å². The standard InChI is InChI=1S/C18H16N6O/c1-10-4-11-5-14(2-3-16(11)23-10)24-18(25)15-6-12(7-20-17(15)19)13-8-21-22-9-13/h2-9,23H,1H3,(H2,19,20)(H,21,22)(H,24,25). The molecule has 3 heterocycles. The van der Waals surface area contributed by atoms with Gasteiger partial charge in [0.15, 0.2) is 0 Å². The first kappa shape index (κ1) is 14.9. The highest BCUT2D eigenvalue weighted by Crippen LogP contribution is 2.23. The Morgan fingerprint density at radius 1 is 1.16 bits per heavy atom. The molecule has 0 atom stereocenters. The molecule has 7 nitrogen and oxygen atoms in total. The minimum absolute atomic E-state index is 0.184. The zero-order valence-electron chi connectivity index (χ0n) is 13.5. The number of hydrogen-bond donors (Lipinski definition) is 4. The molecule has 0 radical (unpaired) electrons. The lowest BCUT2D eigenvalue weighted by Crippen LogP contribution is -2.15. The number of fused-ring (bicyclic) bond motifs is 1. The Kier molecular flexibility index (Phi) is 3.46. The van der Waals surface area contributed by atoms with Crippen LogP contribution in [0.15, 0.2) is 48.9 Å². The number of nitrogens with zero attached hydrogens (tertiary/aromatic N) is 2. The molecule has 0 saturated carbocycles. The number of carbonyl (C=O) groups is 1. The minimum Gasteiger partial charge on any atom is -0.383 e. The molecular formula is C18H16N6O. The van der Waals surface area contributed by atoms with Crippen LogP contribution >= 0.6 is 0 Å². The summed E-state index contributed by atoms with van der Waals surface area (Å²) in [4.78, 5) is 20.0. The molecule has 25 heavy (non-hydrogen) atoms. The summed E-state index contributed by atoms with van der Waals surface area (Å²) in [6.07, 6.45) is 5.01. The molecule has 0 bridgehead atoms. The van der Waals surface area contributed by atoms with E-state index in [4.69, 9.17) is 5.73 Å². The Balaban J connectivity index is 1.64. The zero-order valence-corrected chi connectivity index (χ0v) is 13.5. The lowest BCUT2D eigenvalue weighted by Gasteiger charge is -2.08. The summed E-state index contributed by atoms with van der Waals surface area (Å²) in [6, 6.07) is 9.43. The number of benzene rings is 1. The number of aromatic amines is 2. The monoisotopic (exact) mass is 332 g/mol. The summed E-state index contributed by atoms with van der Waals surface area (Å²) in [7, 11) is 0. The highest BCUT2D eigenvalue weighted by Gasteiger charge is 2.14. The second-order valence-corrected chi connectivity index (χ2v) is 5.85. The molecule has 0 saturated heterocycles. The van der Waals surface area contributed by atoms with Crippen LogP contribution in [-0.2, 0) is 0 Å². The first-order valence-corrected chi connectivity index (χ1v) is 7.75. The van der Waals surface area contributed by atoms with Gasteiger partial charge in [0.1, 0.15) is 5.82 Å². The second kappa shape index (κ2) is 5.79. The third-order valence-electron chi connectivity index (χ3n) is 4.01. The molecule has 124 valence electrons. The number of hydrogen-bond acceptors (Lipinski definition) is 4. The van der Waals surface area contributed by atoms with E-state index in [1.807, 2.05) is 31.2 Å². The Hall–Kier alpha value is -3.61. The van der Waals surface area contributed by atoms with Crippen molar-refractivity contribution in [2.75, 3.05) is 11.1 Å². The van der Waals surface area contributed by atoms with Crippen LogP contribution in [0.1, 0.15) is 16.1 Å². The van der Waals surface area contributed by atoms with Crippen LogP contribution in [0.2, 0.25) is 0 Å². The fourth-order valence-electron chi connectivity index (χ4n) is 2.78. The topological polar surface area (TPSA) is 112 Å². The average Bonchev–Trinajstić information content (AvgIpc) is 3.23. The summed E-state index contributed by atoms with van der Waals surface area (Å²) in [6.45, 7) is 1.99. The minimum atomic E-state index is -0.304. The van der Waals surface area contributed by atoms with E-state index in [2.05, 4.69) is 25.5 Å². The van der Waals surface area contributed by atoms with E-state index < -0.39 is 0 Å². The van der Waals surface area contributed by atoms with Gasteiger partial charge in [-0.05, 0) is 37.3 Å². The zero-order chi connectivity index (χ0) is 17.4. The van der Waals surface area contributed by atoms with Gasteiger partial charge in [0.2, 0.25) is 0 Å². The van der Waals surface area contributed by atoms with Crippen LogP contribution in [0, 0.1) is 6.92 Å². The molecule has 5 N–H and O–H groups in total. The summed E-state index contributed by atoms with van der Waals surface area (Å²) in [5, 5.41) is 10.6. The maximum Gasteiger partial charge on any atom is 0.259 e. The maximum absolute atomic E-state index is 12.6. The van der Waals surface area contributed by atoms with Crippen LogP contribution in [0.5, 0.6) is 0 Å². The molecule has 7 heteroatoms. The second-order valence-electron chi connectivity index (χ2n) is 5.85. The number of nitrogens with one attached hydrogen (secondary N) is 3. The molecular weight excluding hydrogens is 316 g/mol. The number of anilines is 2. The summed E-state index contributed by atoms with van der Waals surface area (Å²) in [5.74, 6) is -0.120. The van der Waals surface area contributed by atoms with E-state index >= 15 is 0 Å². The van der Waals surface area contributed by atoms with Gasteiger partial charge in [0, 0.05) is 45.8 Å². The number of aromatic nitrogens is 4. The Morgan fingerprint density at radius 3 is 2.84 bits per heavy atom. The van der Waals surface area contributed by atoms with Gasteiger partial charge in [-0.2, -0.15) is 5.10 Å². The molecule has 0 unspecified atom stereocenters. The predicted octanol–water partition coefficient (Wildman–Crippen LogP) is 3.10. The number of nitrogen functional groups attached to an aromatic ring is 1. The third-order valence-corrected chi connectivity index (χ3v) is 4.01. The molecule has 1 amide bonds. The summed E-state index contributed by atoms with van der Waals surface area (Å²) in [5.41, 5.74) is 10.6. The van der Waals surface area contributed by atoms with E-state index in [1.54, 1.807) is 24.7 Å². The Bertz CT molecular complexity index is 1060. The highest BCUT2D eigenvalue weighted by atomic mass is 16.1. The number of rotatable bonds is 3. The Morgan fingerprint density at radius 2 is 2.04 bits per heavy atom. The first-order valence-electron chi connectivity index (χ1n) is 7.75. The van der Waals surface area contributed by atoms with Gasteiger partial charge in [0.25, 0.3) is 5.91 Å². The van der Waals surface area contributed by atoms with Crippen molar-refractivity contribution in [2.24, 2.45) is 0 Å². The molecule has 1 aromatic carbocycles. The molecule has 0 spiro atoms. The SMILES string of the molecule is Cc1cc2cc(NC(=O)c3cc(-c4cn[nH]c4)cnc3N)ccc2[nH]1. The van der Waals surface area contributed by atoms with Gasteiger partial charge in [-0.3, -0.25) is 9.89 Å². The van der Waals surface area contributed by atoms with E-state index in [9.17, 15) is 4.79 Å². The van der Waals surface area contributed by atoms with Crippen molar-refractivity contribution in [3.8, 4) is 11.1 Å². The van der Waals surface area contributed by atoms with Gasteiger partial charge in [0.05, 0.1) is 11.8 Å². The van der Waals surface area contributed by atoms with Crippen molar-refractivity contribution in [3.63, 3.8) is 0 Å². The maximum atomic E-state index is 12.6. The van der Waals surface area contributed by atoms with Crippen molar-refractivity contribution >= 4 is 28.3 Å². The smallest absolute Gasteiger partial charge is 0.259 e. The molecule has 0 aliphatic rings. The van der Waals surface area contributed by atoms with Gasteiger partial charge in [-0.1, -0.05) is 0 Å². The van der Waals surface area contributed by atoms with E-state index in [1.165, 1.54) is 0 Å². The molecule has 4 rings (SSSR count). The van der Waals surface area contributed by atoms with Gasteiger partial charge >= 0.3 is 0 Å². The van der Waals surface area contributed by atoms with Crippen molar-refractivity contribution in [3.05, 3.63) is 60.2 Å². The fourth-order valence-corrected chi connectivity index (χ4v) is 2.78. The molecule has 0 aliphatic carbocycles. The van der Waals surface area contributed by atoms with Gasteiger partial charge < -0.3 is 16.0 Å². The average molecular weight is 332 g/mol. The highest BCUT2D eigenvalue weighted by molar-refractivity contribution is 6.08. The summed E-state index contributed by atoms with van der Waals surface area (Å²) < 4.78 is 0. The molecule has 0 aliphatic heterocycles. The van der Waals surface area contributed by atoms with Crippen LogP contribution in [0.3, 0.4) is 0 Å². The predicted molar refractivity (Wildman–Crippen MR) is 97.2 cm³/mol. The van der Waals surface area contributed by atoms with Crippen molar-refractivity contribution in [1.82, 2.24) is 20.2 Å². The lowest BCUT2D eigenvalue weighted by molar-refractivity contribution is 0.102. The Labute approximate surface area is 143 Å². The van der Waals surface area contributed by atoms with Crippen molar-refractivity contribution < 1.29 is 4.79 Å².